The Morgan fingerprint density at radius 1 is 1.24 bits per heavy atom. The zero-order chi connectivity index (χ0) is 14.8. The number of hydrogen-bond acceptors (Lipinski definition) is 4. The molecule has 0 aliphatic carbocycles. The van der Waals surface area contributed by atoms with Crippen molar-refractivity contribution < 1.29 is 19.1 Å². The number of aliphatic hydroxyl groups is 1. The summed E-state index contributed by atoms with van der Waals surface area (Å²) in [6, 6.07) is 12.7. The molecule has 0 radical (unpaired) electrons. The number of fused-ring (bicyclic) bond motifs is 1. The number of methoxy groups -OCH3 is 1. The molecule has 0 bridgehead atoms. The molecule has 0 saturated carbocycles. The van der Waals surface area contributed by atoms with Crippen LogP contribution in [0.1, 0.15) is 15.9 Å². The number of furan rings is 1. The highest BCUT2D eigenvalue weighted by Crippen LogP contribution is 2.35. The summed E-state index contributed by atoms with van der Waals surface area (Å²) in [5, 5.41) is 10.5. The summed E-state index contributed by atoms with van der Waals surface area (Å²) in [5.74, 6) is 1.07. The number of rotatable bonds is 4. The summed E-state index contributed by atoms with van der Waals surface area (Å²) in [4.78, 5) is 11.0. The summed E-state index contributed by atoms with van der Waals surface area (Å²) >= 11 is 0. The van der Waals surface area contributed by atoms with Gasteiger partial charge >= 0.3 is 0 Å². The summed E-state index contributed by atoms with van der Waals surface area (Å²) in [6.45, 7) is -0.121. The standard InChI is InChI=1S/C17H14O4/c1-20-16-8-11(6-7-12(16)9-18)17-14(10-19)13-4-2-3-5-15(13)21-17/h2-9,19H,10H2,1H3. The molecule has 0 amide bonds. The topological polar surface area (TPSA) is 59.7 Å². The second-order valence-corrected chi connectivity index (χ2v) is 4.64. The zero-order valence-corrected chi connectivity index (χ0v) is 11.5. The van der Waals surface area contributed by atoms with Crippen LogP contribution in [0.2, 0.25) is 0 Å². The van der Waals surface area contributed by atoms with E-state index in [-0.39, 0.29) is 6.61 Å². The van der Waals surface area contributed by atoms with E-state index >= 15 is 0 Å². The minimum atomic E-state index is -0.121. The number of aliphatic hydroxyl groups excluding tert-OH is 1. The number of aldehydes is 1. The van der Waals surface area contributed by atoms with Crippen LogP contribution >= 0.6 is 0 Å². The number of para-hydroxylation sites is 1. The Labute approximate surface area is 121 Å². The molecule has 4 heteroatoms. The van der Waals surface area contributed by atoms with Crippen LogP contribution in [-0.2, 0) is 6.61 Å². The molecule has 0 aliphatic heterocycles. The Kier molecular flexibility index (Phi) is 3.46. The molecule has 1 N–H and O–H groups in total. The molecule has 0 unspecified atom stereocenters. The zero-order valence-electron chi connectivity index (χ0n) is 11.5. The van der Waals surface area contributed by atoms with Gasteiger partial charge in [0.1, 0.15) is 17.1 Å². The van der Waals surface area contributed by atoms with Crippen LogP contribution < -0.4 is 4.74 Å². The average molecular weight is 282 g/mol. The SMILES string of the molecule is COc1cc(-c2oc3ccccc3c2CO)ccc1C=O. The molecule has 0 aliphatic rings. The van der Waals surface area contributed by atoms with Crippen molar-refractivity contribution in [3.05, 3.63) is 53.6 Å². The maximum atomic E-state index is 11.0. The minimum absolute atomic E-state index is 0.121. The Morgan fingerprint density at radius 3 is 2.76 bits per heavy atom. The largest absolute Gasteiger partial charge is 0.496 e. The van der Waals surface area contributed by atoms with E-state index in [9.17, 15) is 9.90 Å². The Bertz CT molecular complexity index is 802. The molecule has 0 saturated heterocycles. The molecular formula is C17H14O4. The van der Waals surface area contributed by atoms with Crippen molar-refractivity contribution in [2.24, 2.45) is 0 Å². The highest BCUT2D eigenvalue weighted by Gasteiger charge is 2.16. The molecule has 106 valence electrons. The van der Waals surface area contributed by atoms with Crippen LogP contribution in [0.4, 0.5) is 0 Å². The van der Waals surface area contributed by atoms with Gasteiger partial charge in [0.25, 0.3) is 0 Å². The molecule has 0 spiro atoms. The predicted molar refractivity (Wildman–Crippen MR) is 79.5 cm³/mol. The maximum Gasteiger partial charge on any atom is 0.153 e. The fourth-order valence-electron chi connectivity index (χ4n) is 2.44. The van der Waals surface area contributed by atoms with Crippen LogP contribution in [0.25, 0.3) is 22.3 Å². The van der Waals surface area contributed by atoms with Crippen molar-refractivity contribution in [2.45, 2.75) is 6.61 Å². The number of carbonyl (C=O) groups excluding carboxylic acids is 1. The fraction of sp³-hybridized carbons (Fsp3) is 0.118. The Hall–Kier alpha value is -2.59. The first-order chi connectivity index (χ1) is 10.3. The molecule has 1 heterocycles. The molecule has 3 rings (SSSR count). The summed E-state index contributed by atoms with van der Waals surface area (Å²) < 4.78 is 11.1. The molecular weight excluding hydrogens is 268 g/mol. The third kappa shape index (κ3) is 2.19. The molecule has 2 aromatic carbocycles. The molecule has 0 atom stereocenters. The predicted octanol–water partition coefficient (Wildman–Crippen LogP) is 3.41. The van der Waals surface area contributed by atoms with Crippen LogP contribution in [0.5, 0.6) is 5.75 Å². The van der Waals surface area contributed by atoms with E-state index in [1.807, 2.05) is 24.3 Å². The van der Waals surface area contributed by atoms with Gasteiger partial charge in [-0.25, -0.2) is 0 Å². The number of ether oxygens (including phenoxy) is 1. The van der Waals surface area contributed by atoms with E-state index in [1.54, 1.807) is 18.2 Å². The summed E-state index contributed by atoms with van der Waals surface area (Å²) in [5.41, 5.74) is 2.68. The van der Waals surface area contributed by atoms with Crippen molar-refractivity contribution in [2.75, 3.05) is 7.11 Å². The Balaban J connectivity index is 2.22. The minimum Gasteiger partial charge on any atom is -0.496 e. The summed E-state index contributed by atoms with van der Waals surface area (Å²) in [7, 11) is 1.51. The second-order valence-electron chi connectivity index (χ2n) is 4.64. The molecule has 4 nitrogen and oxygen atoms in total. The molecule has 21 heavy (non-hydrogen) atoms. The lowest BCUT2D eigenvalue weighted by molar-refractivity contribution is 0.112. The van der Waals surface area contributed by atoms with Gasteiger partial charge in [0.2, 0.25) is 0 Å². The fourth-order valence-corrected chi connectivity index (χ4v) is 2.44. The summed E-state index contributed by atoms with van der Waals surface area (Å²) in [6.07, 6.45) is 0.744. The van der Waals surface area contributed by atoms with Crippen molar-refractivity contribution in [3.8, 4) is 17.1 Å². The first-order valence-electron chi connectivity index (χ1n) is 6.53. The van der Waals surface area contributed by atoms with Gasteiger partial charge in [0, 0.05) is 16.5 Å². The van der Waals surface area contributed by atoms with Gasteiger partial charge in [-0.1, -0.05) is 24.3 Å². The number of carbonyl (C=O) groups is 1. The van der Waals surface area contributed by atoms with Crippen LogP contribution in [-0.4, -0.2) is 18.5 Å². The first kappa shape index (κ1) is 13.4. The third-order valence-corrected chi connectivity index (χ3v) is 3.48. The Morgan fingerprint density at radius 2 is 2.05 bits per heavy atom. The van der Waals surface area contributed by atoms with E-state index < -0.39 is 0 Å². The second kappa shape index (κ2) is 5.42. The van der Waals surface area contributed by atoms with E-state index in [1.165, 1.54) is 7.11 Å². The normalized spacial score (nSPS) is 10.8. The highest BCUT2D eigenvalue weighted by atomic mass is 16.5. The lowest BCUT2D eigenvalue weighted by Gasteiger charge is -2.06. The van der Waals surface area contributed by atoms with Crippen molar-refractivity contribution in [1.82, 2.24) is 0 Å². The van der Waals surface area contributed by atoms with Gasteiger partial charge in [-0.2, -0.15) is 0 Å². The van der Waals surface area contributed by atoms with Crippen molar-refractivity contribution in [3.63, 3.8) is 0 Å². The maximum absolute atomic E-state index is 11.0. The van der Waals surface area contributed by atoms with Crippen LogP contribution in [0.3, 0.4) is 0 Å². The van der Waals surface area contributed by atoms with Crippen LogP contribution in [0, 0.1) is 0 Å². The van der Waals surface area contributed by atoms with Crippen molar-refractivity contribution >= 4 is 17.3 Å². The van der Waals surface area contributed by atoms with E-state index in [4.69, 9.17) is 9.15 Å². The van der Waals surface area contributed by atoms with Gasteiger partial charge in [-0.3, -0.25) is 4.79 Å². The molecule has 0 fully saturated rings. The quantitative estimate of drug-likeness (QED) is 0.745. The molecule has 3 aromatic rings. The average Bonchev–Trinajstić information content (AvgIpc) is 2.92. The number of benzene rings is 2. The highest BCUT2D eigenvalue weighted by molar-refractivity contribution is 5.89. The monoisotopic (exact) mass is 282 g/mol. The van der Waals surface area contributed by atoms with E-state index in [0.29, 0.717) is 17.1 Å². The lowest BCUT2D eigenvalue weighted by Crippen LogP contribution is -1.92. The van der Waals surface area contributed by atoms with Gasteiger partial charge in [0.15, 0.2) is 6.29 Å². The third-order valence-electron chi connectivity index (χ3n) is 3.48. The smallest absolute Gasteiger partial charge is 0.153 e. The lowest BCUT2D eigenvalue weighted by atomic mass is 10.0. The first-order valence-corrected chi connectivity index (χ1v) is 6.53. The van der Waals surface area contributed by atoms with Crippen LogP contribution in [0.15, 0.2) is 46.9 Å². The number of hydrogen-bond donors (Lipinski definition) is 1. The van der Waals surface area contributed by atoms with Gasteiger partial charge in [-0.05, 0) is 18.2 Å². The molecule has 1 aromatic heterocycles. The van der Waals surface area contributed by atoms with Gasteiger partial charge < -0.3 is 14.3 Å². The van der Waals surface area contributed by atoms with Gasteiger partial charge in [0.05, 0.1) is 19.3 Å². The van der Waals surface area contributed by atoms with E-state index in [2.05, 4.69) is 0 Å². The van der Waals surface area contributed by atoms with E-state index in [0.717, 1.165) is 28.4 Å². The van der Waals surface area contributed by atoms with Gasteiger partial charge in [-0.15, -0.1) is 0 Å². The van der Waals surface area contributed by atoms with Crippen molar-refractivity contribution in [1.29, 1.82) is 0 Å².